The number of fused-ring (bicyclic) bond motifs is 1. The molecule has 6 nitrogen and oxygen atoms in total. The predicted molar refractivity (Wildman–Crippen MR) is 86.7 cm³/mol. The number of quaternary nitrogens is 1. The Morgan fingerprint density at radius 3 is 2.83 bits per heavy atom. The van der Waals surface area contributed by atoms with E-state index < -0.39 is 0 Å². The van der Waals surface area contributed by atoms with Gasteiger partial charge in [0.1, 0.15) is 11.2 Å². The van der Waals surface area contributed by atoms with Gasteiger partial charge in [0.15, 0.2) is 11.8 Å². The fourth-order valence-electron chi connectivity index (χ4n) is 3.92. The van der Waals surface area contributed by atoms with Gasteiger partial charge in [-0.1, -0.05) is 25.2 Å². The number of rotatable bonds is 3. The summed E-state index contributed by atoms with van der Waals surface area (Å²) < 4.78 is 7.23. The summed E-state index contributed by atoms with van der Waals surface area (Å²) in [6.07, 6.45) is 4.43. The third-order valence-corrected chi connectivity index (χ3v) is 5.76. The van der Waals surface area contributed by atoms with E-state index >= 15 is 0 Å². The Morgan fingerprint density at radius 2 is 2.17 bits per heavy atom. The van der Waals surface area contributed by atoms with Crippen LogP contribution in [-0.2, 0) is 0 Å². The minimum atomic E-state index is -0.0105. The lowest BCUT2D eigenvalue weighted by atomic mass is 9.90. The van der Waals surface area contributed by atoms with Gasteiger partial charge in [0.25, 0.3) is 0 Å². The van der Waals surface area contributed by atoms with E-state index in [0.29, 0.717) is 16.8 Å². The first-order valence-corrected chi connectivity index (χ1v) is 8.84. The molecule has 0 bridgehead atoms. The molecule has 3 aromatic rings. The maximum atomic E-state index is 10.6. The molecule has 0 aromatic carbocycles. The third-order valence-electron chi connectivity index (χ3n) is 4.66. The number of hydrogen-bond acceptors (Lipinski definition) is 5. The minimum Gasteiger partial charge on any atom is -0.492 e. The van der Waals surface area contributed by atoms with Crippen molar-refractivity contribution < 1.29 is 14.4 Å². The van der Waals surface area contributed by atoms with Crippen molar-refractivity contribution in [2.75, 3.05) is 13.1 Å². The van der Waals surface area contributed by atoms with Gasteiger partial charge in [0, 0.05) is 11.8 Å². The van der Waals surface area contributed by atoms with E-state index in [9.17, 15) is 5.11 Å². The maximum Gasteiger partial charge on any atom is 0.235 e. The highest BCUT2D eigenvalue weighted by molar-refractivity contribution is 7.17. The van der Waals surface area contributed by atoms with Gasteiger partial charge < -0.3 is 14.4 Å². The second kappa shape index (κ2) is 5.65. The van der Waals surface area contributed by atoms with Crippen LogP contribution in [0, 0.1) is 11.8 Å². The number of nitrogens with zero attached hydrogens (tertiary/aromatic N) is 3. The number of aromatic hydroxyl groups is 1. The van der Waals surface area contributed by atoms with Crippen LogP contribution < -0.4 is 4.90 Å². The zero-order chi connectivity index (χ0) is 16.0. The van der Waals surface area contributed by atoms with E-state index in [2.05, 4.69) is 23.9 Å². The second-order valence-electron chi connectivity index (χ2n) is 6.71. The van der Waals surface area contributed by atoms with Gasteiger partial charge in [-0.15, -0.1) is 0 Å². The van der Waals surface area contributed by atoms with Crippen molar-refractivity contribution in [1.29, 1.82) is 0 Å². The Bertz CT molecular complexity index is 784. The van der Waals surface area contributed by atoms with Crippen molar-refractivity contribution in [2.24, 2.45) is 11.8 Å². The van der Waals surface area contributed by atoms with E-state index in [4.69, 9.17) is 4.42 Å². The SMILES string of the molecule is C[C@H]1C[C@H](C)C[NH+]([C@@H](c2ccco2)c2sc3ncnn3c2O)C1. The van der Waals surface area contributed by atoms with Crippen LogP contribution in [0.15, 0.2) is 29.1 Å². The summed E-state index contributed by atoms with van der Waals surface area (Å²) >= 11 is 1.49. The van der Waals surface area contributed by atoms with Crippen molar-refractivity contribution in [3.05, 3.63) is 35.4 Å². The second-order valence-corrected chi connectivity index (χ2v) is 7.71. The first kappa shape index (κ1) is 14.7. The summed E-state index contributed by atoms with van der Waals surface area (Å²) in [5.74, 6) is 2.40. The van der Waals surface area contributed by atoms with Gasteiger partial charge in [-0.2, -0.15) is 9.61 Å². The summed E-state index contributed by atoms with van der Waals surface area (Å²) in [5, 5.41) is 14.7. The Hall–Kier alpha value is -1.86. The molecule has 23 heavy (non-hydrogen) atoms. The summed E-state index contributed by atoms with van der Waals surface area (Å²) in [4.78, 5) is 7.24. The number of furan rings is 1. The molecule has 0 unspecified atom stereocenters. The van der Waals surface area contributed by atoms with Crippen LogP contribution in [0.5, 0.6) is 5.88 Å². The Morgan fingerprint density at radius 1 is 1.39 bits per heavy atom. The molecule has 0 radical (unpaired) electrons. The van der Waals surface area contributed by atoms with Crippen LogP contribution in [0.25, 0.3) is 4.96 Å². The van der Waals surface area contributed by atoms with E-state index in [1.54, 1.807) is 6.26 Å². The van der Waals surface area contributed by atoms with Gasteiger partial charge in [0.2, 0.25) is 10.8 Å². The zero-order valence-corrected chi connectivity index (χ0v) is 14.1. The molecule has 1 fully saturated rings. The highest BCUT2D eigenvalue weighted by Crippen LogP contribution is 2.35. The lowest BCUT2D eigenvalue weighted by molar-refractivity contribution is -0.937. The van der Waals surface area contributed by atoms with Crippen LogP contribution in [0.3, 0.4) is 0 Å². The van der Waals surface area contributed by atoms with Crippen molar-refractivity contribution in [2.45, 2.75) is 26.3 Å². The molecular formula is C16H21N4O2S+. The Labute approximate surface area is 138 Å². The smallest absolute Gasteiger partial charge is 0.235 e. The maximum absolute atomic E-state index is 10.6. The van der Waals surface area contributed by atoms with Crippen LogP contribution in [0.2, 0.25) is 0 Å². The van der Waals surface area contributed by atoms with Crippen LogP contribution >= 0.6 is 11.3 Å². The first-order chi connectivity index (χ1) is 11.1. The highest BCUT2D eigenvalue weighted by atomic mass is 32.1. The Balaban J connectivity index is 1.79. The number of thiazole rings is 1. The molecule has 7 heteroatoms. The standard InChI is InChI=1S/C16H20N4O2S/c1-10-6-11(2)8-19(7-10)13(12-4-3-5-22-12)14-15(21)20-16(23-14)17-9-18-20/h3-5,9-11,13,21H,6-8H2,1-2H3/p+1/t10-,11-,13-/m0/s1. The third kappa shape index (κ3) is 2.53. The van der Waals surface area contributed by atoms with Gasteiger partial charge in [-0.25, -0.2) is 4.98 Å². The van der Waals surface area contributed by atoms with Gasteiger partial charge in [-0.3, -0.25) is 0 Å². The molecular weight excluding hydrogens is 312 g/mol. The van der Waals surface area contributed by atoms with Gasteiger partial charge in [-0.05, 0) is 18.6 Å². The fourth-order valence-corrected chi connectivity index (χ4v) is 5.02. The summed E-state index contributed by atoms with van der Waals surface area (Å²) in [7, 11) is 0. The number of piperidine rings is 1. The summed E-state index contributed by atoms with van der Waals surface area (Å²) in [6.45, 7) is 6.75. The number of aromatic nitrogens is 3. The number of hydrogen-bond donors (Lipinski definition) is 2. The van der Waals surface area contributed by atoms with Crippen molar-refractivity contribution in [3.63, 3.8) is 0 Å². The molecule has 4 heterocycles. The Kier molecular flexibility index (Phi) is 3.61. The van der Waals surface area contributed by atoms with E-state index in [0.717, 1.165) is 23.7 Å². The van der Waals surface area contributed by atoms with E-state index in [1.807, 2.05) is 12.1 Å². The fraction of sp³-hybridized carbons (Fsp3) is 0.500. The lowest BCUT2D eigenvalue weighted by Crippen LogP contribution is -3.14. The molecule has 3 aromatic heterocycles. The first-order valence-electron chi connectivity index (χ1n) is 8.03. The predicted octanol–water partition coefficient (Wildman–Crippen LogP) is 1.74. The minimum absolute atomic E-state index is 0.0105. The molecule has 1 aliphatic rings. The van der Waals surface area contributed by atoms with E-state index in [1.165, 1.54) is 33.5 Å². The quantitative estimate of drug-likeness (QED) is 0.766. The molecule has 122 valence electrons. The molecule has 1 aliphatic heterocycles. The van der Waals surface area contributed by atoms with Crippen LogP contribution in [0.1, 0.15) is 36.9 Å². The number of nitrogens with one attached hydrogen (secondary N) is 1. The van der Waals surface area contributed by atoms with Crippen molar-refractivity contribution in [1.82, 2.24) is 14.6 Å². The largest absolute Gasteiger partial charge is 0.492 e. The zero-order valence-electron chi connectivity index (χ0n) is 13.3. The van der Waals surface area contributed by atoms with Crippen LogP contribution in [-0.4, -0.2) is 32.8 Å². The molecule has 0 amide bonds. The summed E-state index contributed by atoms with van der Waals surface area (Å²) in [5.41, 5.74) is 0. The topological polar surface area (TPSA) is 68.0 Å². The molecule has 0 spiro atoms. The average molecular weight is 333 g/mol. The average Bonchev–Trinajstić information content (AvgIpc) is 3.20. The van der Waals surface area contributed by atoms with Crippen molar-refractivity contribution in [3.8, 4) is 5.88 Å². The van der Waals surface area contributed by atoms with E-state index in [-0.39, 0.29) is 11.9 Å². The lowest BCUT2D eigenvalue weighted by Gasteiger charge is -2.35. The summed E-state index contributed by atoms with van der Waals surface area (Å²) in [6, 6.07) is 3.90. The molecule has 3 atom stereocenters. The highest BCUT2D eigenvalue weighted by Gasteiger charge is 2.38. The molecule has 4 rings (SSSR count). The van der Waals surface area contributed by atoms with Crippen molar-refractivity contribution >= 4 is 16.3 Å². The molecule has 2 N–H and O–H groups in total. The molecule has 1 saturated heterocycles. The monoisotopic (exact) mass is 333 g/mol. The van der Waals surface area contributed by atoms with Gasteiger partial charge in [0.05, 0.1) is 19.4 Å². The number of likely N-dealkylation sites (tertiary alicyclic amines) is 1. The van der Waals surface area contributed by atoms with Crippen LogP contribution in [0.4, 0.5) is 0 Å². The molecule has 0 saturated carbocycles. The molecule has 0 aliphatic carbocycles. The van der Waals surface area contributed by atoms with Gasteiger partial charge >= 0.3 is 0 Å². The normalized spacial score (nSPS) is 26.6.